The number of carbonyl (C=O) groups is 1. The van der Waals surface area contributed by atoms with E-state index in [0.717, 1.165) is 6.26 Å². The molecule has 1 amide bonds. The van der Waals surface area contributed by atoms with Crippen molar-refractivity contribution < 1.29 is 23.1 Å². The fourth-order valence-corrected chi connectivity index (χ4v) is 2.71. The number of aliphatic hydroxyl groups is 1. The normalized spacial score (nSPS) is 26.2. The number of morpholine rings is 1. The summed E-state index contributed by atoms with van der Waals surface area (Å²) in [5, 5.41) is 9.08. The average molecular weight is 294 g/mol. The van der Waals surface area contributed by atoms with Gasteiger partial charge in [0, 0.05) is 19.3 Å². The van der Waals surface area contributed by atoms with Crippen molar-refractivity contribution in [3.63, 3.8) is 0 Å². The van der Waals surface area contributed by atoms with Gasteiger partial charge in [0.1, 0.15) is 9.84 Å². The second-order valence-electron chi connectivity index (χ2n) is 5.02. The predicted octanol–water partition coefficient (Wildman–Crippen LogP) is -1.64. The highest BCUT2D eigenvalue weighted by Gasteiger charge is 2.30. The summed E-state index contributed by atoms with van der Waals surface area (Å²) in [7, 11) is -3.13. The zero-order valence-corrected chi connectivity index (χ0v) is 12.1. The van der Waals surface area contributed by atoms with Gasteiger partial charge < -0.3 is 20.5 Å². The summed E-state index contributed by atoms with van der Waals surface area (Å²) in [5.41, 5.74) is 5.73. The zero-order valence-electron chi connectivity index (χ0n) is 11.3. The van der Waals surface area contributed by atoms with Crippen LogP contribution in [0.3, 0.4) is 0 Å². The third-order valence-electron chi connectivity index (χ3n) is 2.96. The standard InChI is InChI=1S/C11H22N2O5S/c1-8-5-13(6-9(7-14)18-8)11(15)10(12)3-4-19(2,16)17/h8-10,14H,3-7,12H2,1-2H3. The highest BCUT2D eigenvalue weighted by Crippen LogP contribution is 2.12. The Morgan fingerprint density at radius 3 is 2.68 bits per heavy atom. The maximum absolute atomic E-state index is 12.1. The first-order chi connectivity index (χ1) is 8.73. The molecule has 0 aromatic carbocycles. The minimum atomic E-state index is -3.13. The number of amides is 1. The molecule has 7 nitrogen and oxygen atoms in total. The lowest BCUT2D eigenvalue weighted by Crippen LogP contribution is -2.54. The van der Waals surface area contributed by atoms with Crippen molar-refractivity contribution >= 4 is 15.7 Å². The van der Waals surface area contributed by atoms with E-state index < -0.39 is 22.0 Å². The number of nitrogens with two attached hydrogens (primary N) is 1. The van der Waals surface area contributed by atoms with Gasteiger partial charge in [0.2, 0.25) is 5.91 Å². The SMILES string of the molecule is CC1CN(C(=O)C(N)CCS(C)(=O)=O)CC(CO)O1. The number of ether oxygens (including phenoxy) is 1. The molecule has 0 spiro atoms. The van der Waals surface area contributed by atoms with Crippen molar-refractivity contribution in [3.05, 3.63) is 0 Å². The topological polar surface area (TPSA) is 110 Å². The molecular formula is C11H22N2O5S. The zero-order chi connectivity index (χ0) is 14.6. The first-order valence-corrected chi connectivity index (χ1v) is 8.27. The number of hydrogen-bond acceptors (Lipinski definition) is 6. The van der Waals surface area contributed by atoms with Crippen LogP contribution in [-0.4, -0.2) is 74.3 Å². The molecule has 1 heterocycles. The van der Waals surface area contributed by atoms with Crippen LogP contribution in [0, 0.1) is 0 Å². The van der Waals surface area contributed by atoms with Gasteiger partial charge >= 0.3 is 0 Å². The average Bonchev–Trinajstić information content (AvgIpc) is 2.33. The highest BCUT2D eigenvalue weighted by molar-refractivity contribution is 7.90. The van der Waals surface area contributed by atoms with Crippen LogP contribution in [0.5, 0.6) is 0 Å². The molecule has 3 unspecified atom stereocenters. The summed E-state index contributed by atoms with van der Waals surface area (Å²) in [6.07, 6.45) is 0.641. The van der Waals surface area contributed by atoms with Gasteiger partial charge in [0.15, 0.2) is 0 Å². The van der Waals surface area contributed by atoms with E-state index in [1.807, 2.05) is 6.92 Å². The summed E-state index contributed by atoms with van der Waals surface area (Å²) < 4.78 is 27.5. The van der Waals surface area contributed by atoms with Crippen molar-refractivity contribution in [1.82, 2.24) is 4.90 Å². The highest BCUT2D eigenvalue weighted by atomic mass is 32.2. The van der Waals surface area contributed by atoms with Gasteiger partial charge in [-0.05, 0) is 13.3 Å². The lowest BCUT2D eigenvalue weighted by atomic mass is 10.1. The first kappa shape index (κ1) is 16.4. The first-order valence-electron chi connectivity index (χ1n) is 6.21. The maximum Gasteiger partial charge on any atom is 0.239 e. The molecular weight excluding hydrogens is 272 g/mol. The predicted molar refractivity (Wildman–Crippen MR) is 70.3 cm³/mol. The summed E-state index contributed by atoms with van der Waals surface area (Å²) in [5.74, 6) is -0.402. The third-order valence-corrected chi connectivity index (χ3v) is 3.94. The molecule has 1 fully saturated rings. The van der Waals surface area contributed by atoms with Gasteiger partial charge in [-0.2, -0.15) is 0 Å². The summed E-state index contributed by atoms with van der Waals surface area (Å²) >= 11 is 0. The van der Waals surface area contributed by atoms with Gasteiger partial charge in [0.05, 0.1) is 30.6 Å². The van der Waals surface area contributed by atoms with E-state index in [-0.39, 0.29) is 37.3 Å². The van der Waals surface area contributed by atoms with Crippen LogP contribution in [0.2, 0.25) is 0 Å². The van der Waals surface area contributed by atoms with E-state index in [1.165, 1.54) is 4.90 Å². The molecule has 0 aliphatic carbocycles. The fourth-order valence-electron chi connectivity index (χ4n) is 2.03. The Morgan fingerprint density at radius 1 is 1.53 bits per heavy atom. The van der Waals surface area contributed by atoms with Crippen molar-refractivity contribution in [1.29, 1.82) is 0 Å². The Hall–Kier alpha value is -0.700. The van der Waals surface area contributed by atoms with Crippen molar-refractivity contribution in [3.8, 4) is 0 Å². The van der Waals surface area contributed by atoms with Gasteiger partial charge in [-0.15, -0.1) is 0 Å². The summed E-state index contributed by atoms with van der Waals surface area (Å²) in [4.78, 5) is 13.6. The number of sulfone groups is 1. The van der Waals surface area contributed by atoms with Crippen LogP contribution in [0.25, 0.3) is 0 Å². The molecule has 19 heavy (non-hydrogen) atoms. The second kappa shape index (κ2) is 6.65. The van der Waals surface area contributed by atoms with E-state index in [0.29, 0.717) is 6.54 Å². The van der Waals surface area contributed by atoms with Gasteiger partial charge in [-0.1, -0.05) is 0 Å². The number of aliphatic hydroxyl groups excluding tert-OH is 1. The molecule has 1 aliphatic rings. The maximum atomic E-state index is 12.1. The van der Waals surface area contributed by atoms with Crippen LogP contribution in [0.1, 0.15) is 13.3 Å². The van der Waals surface area contributed by atoms with Gasteiger partial charge in [0.25, 0.3) is 0 Å². The molecule has 8 heteroatoms. The fraction of sp³-hybridized carbons (Fsp3) is 0.909. The third kappa shape index (κ3) is 5.43. The molecule has 1 saturated heterocycles. The molecule has 0 aromatic heterocycles. The van der Waals surface area contributed by atoms with E-state index in [4.69, 9.17) is 15.6 Å². The molecule has 0 saturated carbocycles. The largest absolute Gasteiger partial charge is 0.394 e. The molecule has 0 aromatic rings. The van der Waals surface area contributed by atoms with Crippen LogP contribution in [0.4, 0.5) is 0 Å². The lowest BCUT2D eigenvalue weighted by molar-refractivity contribution is -0.148. The minimum Gasteiger partial charge on any atom is -0.394 e. The number of hydrogen-bond donors (Lipinski definition) is 2. The summed E-state index contributed by atoms with van der Waals surface area (Å²) in [6, 6.07) is -0.834. The minimum absolute atomic E-state index is 0.104. The van der Waals surface area contributed by atoms with Crippen LogP contribution >= 0.6 is 0 Å². The molecule has 0 bridgehead atoms. The number of nitrogens with zero attached hydrogens (tertiary/aromatic N) is 1. The summed E-state index contributed by atoms with van der Waals surface area (Å²) in [6.45, 7) is 2.34. The van der Waals surface area contributed by atoms with Crippen LogP contribution in [0.15, 0.2) is 0 Å². The molecule has 0 radical (unpaired) electrons. The Balaban J connectivity index is 2.56. The van der Waals surface area contributed by atoms with E-state index in [9.17, 15) is 13.2 Å². The van der Waals surface area contributed by atoms with Crippen molar-refractivity contribution in [2.24, 2.45) is 5.73 Å². The number of rotatable bonds is 5. The van der Waals surface area contributed by atoms with E-state index in [1.54, 1.807) is 0 Å². The lowest BCUT2D eigenvalue weighted by Gasteiger charge is -2.37. The van der Waals surface area contributed by atoms with Gasteiger partial charge in [-0.3, -0.25) is 4.79 Å². The monoisotopic (exact) mass is 294 g/mol. The molecule has 112 valence electrons. The van der Waals surface area contributed by atoms with Crippen molar-refractivity contribution in [2.45, 2.75) is 31.6 Å². The van der Waals surface area contributed by atoms with Crippen LogP contribution in [-0.2, 0) is 19.4 Å². The Morgan fingerprint density at radius 2 is 2.16 bits per heavy atom. The second-order valence-corrected chi connectivity index (χ2v) is 7.28. The Labute approximate surface area is 113 Å². The van der Waals surface area contributed by atoms with E-state index >= 15 is 0 Å². The molecule has 1 rings (SSSR count). The Kier molecular flexibility index (Phi) is 5.72. The molecule has 1 aliphatic heterocycles. The van der Waals surface area contributed by atoms with E-state index in [2.05, 4.69) is 0 Å². The molecule has 3 atom stereocenters. The van der Waals surface area contributed by atoms with Gasteiger partial charge in [-0.25, -0.2) is 8.42 Å². The smallest absolute Gasteiger partial charge is 0.239 e. The van der Waals surface area contributed by atoms with Crippen molar-refractivity contribution in [2.75, 3.05) is 31.7 Å². The quantitative estimate of drug-likeness (QED) is 0.629. The number of carbonyl (C=O) groups excluding carboxylic acids is 1. The molecule has 3 N–H and O–H groups in total. The van der Waals surface area contributed by atoms with Crippen LogP contribution < -0.4 is 5.73 Å². The Bertz CT molecular complexity index is 411.